The Balaban J connectivity index is 1.88. The zero-order valence-electron chi connectivity index (χ0n) is 13.1. The number of ether oxygens (including phenoxy) is 1. The van der Waals surface area contributed by atoms with E-state index in [0.717, 1.165) is 11.3 Å². The van der Waals surface area contributed by atoms with Gasteiger partial charge in [-0.3, -0.25) is 0 Å². The Hall–Kier alpha value is -1.75. The number of carbonyl (C=O) groups is 1. The summed E-state index contributed by atoms with van der Waals surface area (Å²) in [5.41, 5.74) is 2.17. The highest BCUT2D eigenvalue weighted by Crippen LogP contribution is 2.12. The second-order valence-electron chi connectivity index (χ2n) is 5.78. The van der Waals surface area contributed by atoms with E-state index >= 15 is 0 Å². The third-order valence-corrected chi connectivity index (χ3v) is 3.45. The van der Waals surface area contributed by atoms with Gasteiger partial charge in [-0.1, -0.05) is 12.1 Å². The number of amides is 2. The van der Waals surface area contributed by atoms with Crippen molar-refractivity contribution in [2.24, 2.45) is 0 Å². The van der Waals surface area contributed by atoms with E-state index in [2.05, 4.69) is 30.5 Å². The fourth-order valence-corrected chi connectivity index (χ4v) is 2.41. The quantitative estimate of drug-likeness (QED) is 0.896. The van der Waals surface area contributed by atoms with Crippen LogP contribution in [0.25, 0.3) is 0 Å². The fraction of sp³-hybridized carbons (Fsp3) is 0.562. The van der Waals surface area contributed by atoms with Crippen LogP contribution in [0.4, 0.5) is 10.5 Å². The summed E-state index contributed by atoms with van der Waals surface area (Å²) >= 11 is 0. The molecule has 2 amide bonds. The van der Waals surface area contributed by atoms with Crippen LogP contribution in [0.1, 0.15) is 26.3 Å². The first-order valence-electron chi connectivity index (χ1n) is 7.54. The van der Waals surface area contributed by atoms with Gasteiger partial charge in [-0.2, -0.15) is 0 Å². The average Bonchev–Trinajstić information content (AvgIpc) is 2.45. The summed E-state index contributed by atoms with van der Waals surface area (Å²) in [6.07, 6.45) is 0. The minimum atomic E-state index is -0.0204. The Labute approximate surface area is 126 Å². The first-order valence-corrected chi connectivity index (χ1v) is 7.54. The minimum absolute atomic E-state index is 0.0204. The average molecular weight is 291 g/mol. The third-order valence-electron chi connectivity index (χ3n) is 3.45. The van der Waals surface area contributed by atoms with Gasteiger partial charge in [-0.15, -0.1) is 0 Å². The molecule has 1 aromatic rings. The van der Waals surface area contributed by atoms with Crippen LogP contribution in [0.2, 0.25) is 0 Å². The van der Waals surface area contributed by atoms with Gasteiger partial charge in [0, 0.05) is 24.8 Å². The van der Waals surface area contributed by atoms with Crippen molar-refractivity contribution < 1.29 is 9.53 Å². The Bertz CT molecular complexity index is 476. The smallest absolute Gasteiger partial charge is 0.318 e. The number of nitrogens with one attached hydrogen (secondary N) is 2. The Morgan fingerprint density at radius 2 is 2.29 bits per heavy atom. The van der Waals surface area contributed by atoms with Crippen molar-refractivity contribution in [2.75, 3.05) is 25.1 Å². The Morgan fingerprint density at radius 3 is 3.00 bits per heavy atom. The highest BCUT2D eigenvalue weighted by Gasteiger charge is 2.23. The number of urea groups is 1. The monoisotopic (exact) mass is 291 g/mol. The SMILES string of the molecule is CC(C)Nc1cccc(CNC(=O)N2CCOC[C@@H]2C)c1. The van der Waals surface area contributed by atoms with Crippen LogP contribution in [0, 0.1) is 0 Å². The lowest BCUT2D eigenvalue weighted by Gasteiger charge is -2.33. The summed E-state index contributed by atoms with van der Waals surface area (Å²) in [5, 5.41) is 6.35. The van der Waals surface area contributed by atoms with Gasteiger partial charge in [0.15, 0.2) is 0 Å². The number of carbonyl (C=O) groups excluding carboxylic acids is 1. The van der Waals surface area contributed by atoms with Gasteiger partial charge >= 0.3 is 6.03 Å². The molecule has 2 rings (SSSR count). The van der Waals surface area contributed by atoms with Gasteiger partial charge in [0.25, 0.3) is 0 Å². The maximum absolute atomic E-state index is 12.2. The molecule has 2 N–H and O–H groups in total. The molecule has 0 spiro atoms. The minimum Gasteiger partial charge on any atom is -0.383 e. The van der Waals surface area contributed by atoms with Crippen LogP contribution >= 0.6 is 0 Å². The third kappa shape index (κ3) is 4.63. The molecule has 0 bridgehead atoms. The number of benzene rings is 1. The molecular weight excluding hydrogens is 266 g/mol. The number of hydrogen-bond acceptors (Lipinski definition) is 3. The summed E-state index contributed by atoms with van der Waals surface area (Å²) < 4.78 is 5.35. The second-order valence-corrected chi connectivity index (χ2v) is 5.78. The van der Waals surface area contributed by atoms with Crippen LogP contribution in [-0.4, -0.2) is 42.8 Å². The molecule has 0 unspecified atom stereocenters. The number of nitrogens with zero attached hydrogens (tertiary/aromatic N) is 1. The molecule has 116 valence electrons. The number of anilines is 1. The van der Waals surface area contributed by atoms with Gasteiger partial charge < -0.3 is 20.3 Å². The van der Waals surface area contributed by atoms with E-state index in [9.17, 15) is 4.79 Å². The van der Waals surface area contributed by atoms with E-state index < -0.39 is 0 Å². The maximum Gasteiger partial charge on any atom is 0.318 e. The normalized spacial score (nSPS) is 18.7. The standard InChI is InChI=1S/C16H25N3O2/c1-12(2)18-15-6-4-5-14(9-15)10-17-16(20)19-7-8-21-11-13(19)3/h4-6,9,12-13,18H,7-8,10-11H2,1-3H3,(H,17,20)/t13-/m0/s1. The zero-order valence-corrected chi connectivity index (χ0v) is 13.1. The molecule has 21 heavy (non-hydrogen) atoms. The molecule has 1 aliphatic heterocycles. The molecule has 5 nitrogen and oxygen atoms in total. The number of hydrogen-bond donors (Lipinski definition) is 2. The summed E-state index contributed by atoms with van der Waals surface area (Å²) in [5.74, 6) is 0. The van der Waals surface area contributed by atoms with Gasteiger partial charge in [0.05, 0.1) is 19.3 Å². The lowest BCUT2D eigenvalue weighted by atomic mass is 10.2. The number of rotatable bonds is 4. The summed E-state index contributed by atoms with van der Waals surface area (Å²) in [6, 6.07) is 8.64. The lowest BCUT2D eigenvalue weighted by molar-refractivity contribution is 0.0190. The van der Waals surface area contributed by atoms with Gasteiger partial charge in [0.2, 0.25) is 0 Å². The van der Waals surface area contributed by atoms with Crippen molar-refractivity contribution in [1.29, 1.82) is 0 Å². The molecule has 1 atom stereocenters. The molecule has 1 saturated heterocycles. The largest absolute Gasteiger partial charge is 0.383 e. The summed E-state index contributed by atoms with van der Waals surface area (Å²) in [4.78, 5) is 14.0. The van der Waals surface area contributed by atoms with Gasteiger partial charge in [0.1, 0.15) is 0 Å². The van der Waals surface area contributed by atoms with Crippen molar-refractivity contribution in [1.82, 2.24) is 10.2 Å². The van der Waals surface area contributed by atoms with Crippen molar-refractivity contribution in [3.8, 4) is 0 Å². The van der Waals surface area contributed by atoms with Gasteiger partial charge in [-0.25, -0.2) is 4.79 Å². The molecule has 1 aromatic carbocycles. The van der Waals surface area contributed by atoms with Crippen LogP contribution in [-0.2, 0) is 11.3 Å². The topological polar surface area (TPSA) is 53.6 Å². The Kier molecular flexibility index (Phi) is 5.44. The lowest BCUT2D eigenvalue weighted by Crippen LogP contribution is -2.51. The van der Waals surface area contributed by atoms with E-state index in [1.165, 1.54) is 0 Å². The summed E-state index contributed by atoms with van der Waals surface area (Å²) in [7, 11) is 0. The van der Waals surface area contributed by atoms with E-state index in [1.54, 1.807) is 0 Å². The highest BCUT2D eigenvalue weighted by atomic mass is 16.5. The van der Waals surface area contributed by atoms with Crippen LogP contribution < -0.4 is 10.6 Å². The van der Waals surface area contributed by atoms with Crippen molar-refractivity contribution in [2.45, 2.75) is 39.4 Å². The van der Waals surface area contributed by atoms with Crippen LogP contribution in [0.5, 0.6) is 0 Å². The molecule has 5 heteroatoms. The first kappa shape index (κ1) is 15.6. The Morgan fingerprint density at radius 1 is 1.48 bits per heavy atom. The molecule has 0 aromatic heterocycles. The molecular formula is C16H25N3O2. The summed E-state index contributed by atoms with van der Waals surface area (Å²) in [6.45, 7) is 8.64. The predicted molar refractivity (Wildman–Crippen MR) is 84.4 cm³/mol. The molecule has 0 radical (unpaired) electrons. The highest BCUT2D eigenvalue weighted by molar-refractivity contribution is 5.74. The molecule has 1 fully saturated rings. The van der Waals surface area contributed by atoms with Crippen molar-refractivity contribution >= 4 is 11.7 Å². The zero-order chi connectivity index (χ0) is 15.2. The second kappa shape index (κ2) is 7.31. The fourth-order valence-electron chi connectivity index (χ4n) is 2.41. The van der Waals surface area contributed by atoms with Crippen LogP contribution in [0.3, 0.4) is 0 Å². The molecule has 1 aliphatic rings. The molecule has 0 saturated carbocycles. The van der Waals surface area contributed by atoms with Gasteiger partial charge in [-0.05, 0) is 38.5 Å². The van der Waals surface area contributed by atoms with Crippen molar-refractivity contribution in [3.05, 3.63) is 29.8 Å². The maximum atomic E-state index is 12.2. The van der Waals surface area contributed by atoms with E-state index in [4.69, 9.17) is 4.74 Å². The van der Waals surface area contributed by atoms with Crippen LogP contribution in [0.15, 0.2) is 24.3 Å². The van der Waals surface area contributed by atoms with E-state index in [-0.39, 0.29) is 12.1 Å². The predicted octanol–water partition coefficient (Wildman–Crippen LogP) is 2.44. The molecule has 1 heterocycles. The van der Waals surface area contributed by atoms with Crippen molar-refractivity contribution in [3.63, 3.8) is 0 Å². The number of morpholine rings is 1. The first-order chi connectivity index (χ1) is 10.1. The van der Waals surface area contributed by atoms with E-state index in [1.807, 2.05) is 30.0 Å². The van der Waals surface area contributed by atoms with E-state index in [0.29, 0.717) is 32.3 Å². The molecule has 0 aliphatic carbocycles.